The molecule has 10 heteroatoms. The molecule has 0 saturated heterocycles. The molecule has 2 aliphatic rings. The van der Waals surface area contributed by atoms with E-state index < -0.39 is 23.3 Å². The zero-order chi connectivity index (χ0) is 25.0. The van der Waals surface area contributed by atoms with Gasteiger partial charge in [0.1, 0.15) is 6.07 Å². The van der Waals surface area contributed by atoms with E-state index >= 15 is 0 Å². The standard InChI is InChI=1S/C24H25N5O5/c1-5-34-23(30)29-7-6-15-16(10-25)22(28)24(12-26,13-27)20(17(15)11-29)14-8-18(31-2)21(33-4)19(9-14)32-3/h6,8-9,17,20H,5,7,11,28H2,1-4H3/t17-,20-/m1/s1. The smallest absolute Gasteiger partial charge is 0.410 e. The Balaban J connectivity index is 2.32. The van der Waals surface area contributed by atoms with Gasteiger partial charge < -0.3 is 29.6 Å². The van der Waals surface area contributed by atoms with Crippen molar-refractivity contribution in [3.63, 3.8) is 0 Å². The van der Waals surface area contributed by atoms with Crippen molar-refractivity contribution in [3.8, 4) is 35.5 Å². The summed E-state index contributed by atoms with van der Waals surface area (Å²) in [6.45, 7) is 2.23. The maximum atomic E-state index is 12.5. The van der Waals surface area contributed by atoms with E-state index in [1.165, 1.54) is 26.2 Å². The Morgan fingerprint density at radius 2 is 1.76 bits per heavy atom. The molecule has 0 saturated carbocycles. The quantitative estimate of drug-likeness (QED) is 0.693. The van der Waals surface area contributed by atoms with Crippen LogP contribution < -0.4 is 19.9 Å². The number of nitrogens with two attached hydrogens (primary N) is 1. The molecule has 0 spiro atoms. The number of carbonyl (C=O) groups excluding carboxylic acids is 1. The van der Waals surface area contributed by atoms with Crippen LogP contribution in [0.2, 0.25) is 0 Å². The summed E-state index contributed by atoms with van der Waals surface area (Å²) in [5, 5.41) is 30.4. The Hall–Kier alpha value is -4.36. The number of ether oxygens (including phenoxy) is 4. The number of fused-ring (bicyclic) bond motifs is 1. The third-order valence-electron chi connectivity index (χ3n) is 6.24. The second-order valence-corrected chi connectivity index (χ2v) is 7.74. The lowest BCUT2D eigenvalue weighted by molar-refractivity contribution is 0.0999. The first kappa shape index (κ1) is 24.3. The molecule has 1 amide bonds. The average Bonchev–Trinajstić information content (AvgIpc) is 2.87. The number of hydrogen-bond donors (Lipinski definition) is 1. The summed E-state index contributed by atoms with van der Waals surface area (Å²) in [5.41, 5.74) is 5.52. The number of methoxy groups -OCH3 is 3. The molecule has 0 bridgehead atoms. The zero-order valence-electron chi connectivity index (χ0n) is 19.4. The van der Waals surface area contributed by atoms with Gasteiger partial charge in [-0.25, -0.2) is 4.79 Å². The SMILES string of the molecule is CCOC(=O)N1CC=C2C(C#N)=C(N)C(C#N)(C#N)[C@H](c3cc(OC)c(OC)c(OC)c3)[C@@H]2C1. The van der Waals surface area contributed by atoms with Crippen LogP contribution in [0.3, 0.4) is 0 Å². The fraction of sp³-hybridized carbons (Fsp3) is 0.417. The van der Waals surface area contributed by atoms with E-state index in [0.29, 0.717) is 28.4 Å². The van der Waals surface area contributed by atoms with Gasteiger partial charge in [-0.3, -0.25) is 0 Å². The number of benzene rings is 1. The molecule has 0 fully saturated rings. The molecule has 1 aromatic rings. The molecular weight excluding hydrogens is 438 g/mol. The van der Waals surface area contributed by atoms with Crippen LogP contribution in [-0.4, -0.2) is 52.0 Å². The van der Waals surface area contributed by atoms with E-state index in [-0.39, 0.29) is 31.0 Å². The lowest BCUT2D eigenvalue weighted by atomic mass is 9.58. The van der Waals surface area contributed by atoms with E-state index in [1.54, 1.807) is 25.1 Å². The highest BCUT2D eigenvalue weighted by atomic mass is 16.6. The van der Waals surface area contributed by atoms with Crippen LogP contribution in [0.25, 0.3) is 0 Å². The minimum absolute atomic E-state index is 0.0836. The van der Waals surface area contributed by atoms with Gasteiger partial charge >= 0.3 is 6.09 Å². The van der Waals surface area contributed by atoms with Crippen LogP contribution >= 0.6 is 0 Å². The Morgan fingerprint density at radius 1 is 1.15 bits per heavy atom. The summed E-state index contributed by atoms with van der Waals surface area (Å²) in [5.74, 6) is -0.436. The highest BCUT2D eigenvalue weighted by Crippen LogP contribution is 2.55. The normalized spacial score (nSPS) is 20.6. The van der Waals surface area contributed by atoms with Crippen molar-refractivity contribution in [1.82, 2.24) is 4.90 Å². The molecule has 0 radical (unpaired) electrons. The molecule has 1 aliphatic heterocycles. The number of hydrogen-bond acceptors (Lipinski definition) is 9. The predicted molar refractivity (Wildman–Crippen MR) is 119 cm³/mol. The molecule has 34 heavy (non-hydrogen) atoms. The summed E-state index contributed by atoms with van der Waals surface area (Å²) in [7, 11) is 4.38. The van der Waals surface area contributed by atoms with E-state index in [9.17, 15) is 20.6 Å². The molecule has 0 aromatic heterocycles. The van der Waals surface area contributed by atoms with Gasteiger partial charge in [0.2, 0.25) is 5.75 Å². The maximum Gasteiger partial charge on any atom is 0.410 e. The zero-order valence-corrected chi connectivity index (χ0v) is 19.4. The van der Waals surface area contributed by atoms with Crippen LogP contribution in [0.15, 0.2) is 35.1 Å². The molecule has 1 heterocycles. The highest BCUT2D eigenvalue weighted by molar-refractivity contribution is 5.70. The molecule has 0 unspecified atom stereocenters. The van der Waals surface area contributed by atoms with Crippen molar-refractivity contribution >= 4 is 6.09 Å². The lowest BCUT2D eigenvalue weighted by Crippen LogP contribution is -2.49. The van der Waals surface area contributed by atoms with Crippen molar-refractivity contribution in [1.29, 1.82) is 15.8 Å². The van der Waals surface area contributed by atoms with Gasteiger partial charge in [-0.1, -0.05) is 6.08 Å². The van der Waals surface area contributed by atoms with Crippen molar-refractivity contribution in [2.24, 2.45) is 17.1 Å². The summed E-state index contributed by atoms with van der Waals surface area (Å²) >= 11 is 0. The third kappa shape index (κ3) is 3.62. The van der Waals surface area contributed by atoms with E-state index in [0.717, 1.165) is 0 Å². The Kier molecular flexibility index (Phi) is 6.89. The first-order chi connectivity index (χ1) is 16.4. The molecule has 1 aromatic carbocycles. The maximum absolute atomic E-state index is 12.5. The minimum atomic E-state index is -1.88. The summed E-state index contributed by atoms with van der Waals surface area (Å²) in [4.78, 5) is 14.0. The number of nitriles is 3. The van der Waals surface area contributed by atoms with Crippen LogP contribution in [0.4, 0.5) is 4.79 Å². The van der Waals surface area contributed by atoms with Gasteiger partial charge in [-0.2, -0.15) is 15.8 Å². The van der Waals surface area contributed by atoms with Crippen molar-refractivity contribution < 1.29 is 23.7 Å². The molecule has 1 aliphatic carbocycles. The van der Waals surface area contributed by atoms with Crippen molar-refractivity contribution in [2.75, 3.05) is 41.0 Å². The second-order valence-electron chi connectivity index (χ2n) is 7.74. The largest absolute Gasteiger partial charge is 0.493 e. The first-order valence-electron chi connectivity index (χ1n) is 10.5. The van der Waals surface area contributed by atoms with Gasteiger partial charge in [0, 0.05) is 24.9 Å². The van der Waals surface area contributed by atoms with E-state index in [4.69, 9.17) is 24.7 Å². The second kappa shape index (κ2) is 9.64. The number of rotatable bonds is 5. The minimum Gasteiger partial charge on any atom is -0.493 e. The summed E-state index contributed by atoms with van der Waals surface area (Å²) in [6, 6.07) is 9.50. The fourth-order valence-corrected chi connectivity index (χ4v) is 4.70. The molecule has 3 rings (SSSR count). The van der Waals surface area contributed by atoms with Crippen LogP contribution in [0, 0.1) is 45.3 Å². The monoisotopic (exact) mass is 463 g/mol. The summed E-state index contributed by atoms with van der Waals surface area (Å²) < 4.78 is 21.5. The van der Waals surface area contributed by atoms with Gasteiger partial charge in [0.15, 0.2) is 16.9 Å². The van der Waals surface area contributed by atoms with Gasteiger partial charge in [-0.15, -0.1) is 0 Å². The number of nitrogens with zero attached hydrogens (tertiary/aromatic N) is 4. The van der Waals surface area contributed by atoms with E-state index in [1.807, 2.05) is 0 Å². The Morgan fingerprint density at radius 3 is 2.24 bits per heavy atom. The van der Waals surface area contributed by atoms with Gasteiger partial charge in [0.25, 0.3) is 0 Å². The molecule has 2 atom stereocenters. The molecular formula is C24H25N5O5. The van der Waals surface area contributed by atoms with Crippen molar-refractivity contribution in [3.05, 3.63) is 40.6 Å². The van der Waals surface area contributed by atoms with Crippen LogP contribution in [0.5, 0.6) is 17.2 Å². The number of amides is 1. The lowest BCUT2D eigenvalue weighted by Gasteiger charge is -2.45. The van der Waals surface area contributed by atoms with Crippen molar-refractivity contribution in [2.45, 2.75) is 12.8 Å². The van der Waals surface area contributed by atoms with Crippen LogP contribution in [0.1, 0.15) is 18.4 Å². The topological polar surface area (TPSA) is 155 Å². The Bertz CT molecular complexity index is 1140. The Labute approximate surface area is 198 Å². The third-order valence-corrected chi connectivity index (χ3v) is 6.24. The van der Waals surface area contributed by atoms with Gasteiger partial charge in [0.05, 0.1) is 51.3 Å². The number of allylic oxidation sites excluding steroid dienone is 2. The molecule has 10 nitrogen and oxygen atoms in total. The highest BCUT2D eigenvalue weighted by Gasteiger charge is 2.55. The number of carbonyl (C=O) groups is 1. The predicted octanol–water partition coefficient (Wildman–Crippen LogP) is 2.59. The molecule has 2 N–H and O–H groups in total. The van der Waals surface area contributed by atoms with Crippen LogP contribution in [-0.2, 0) is 4.74 Å². The summed E-state index contributed by atoms with van der Waals surface area (Å²) in [6.07, 6.45) is 1.20. The van der Waals surface area contributed by atoms with Gasteiger partial charge in [-0.05, 0) is 30.2 Å². The average molecular weight is 463 g/mol. The molecule has 176 valence electrons. The first-order valence-corrected chi connectivity index (χ1v) is 10.5. The fourth-order valence-electron chi connectivity index (χ4n) is 4.70. The van der Waals surface area contributed by atoms with E-state index in [2.05, 4.69) is 18.2 Å².